The van der Waals surface area contributed by atoms with Crippen molar-refractivity contribution in [3.05, 3.63) is 66.0 Å². The van der Waals surface area contributed by atoms with E-state index in [1.54, 1.807) is 36.4 Å². The van der Waals surface area contributed by atoms with Crippen molar-refractivity contribution in [1.82, 2.24) is 5.32 Å². The molecule has 2 atom stereocenters. The number of amides is 1. The van der Waals surface area contributed by atoms with Gasteiger partial charge >= 0.3 is 5.97 Å². The van der Waals surface area contributed by atoms with Crippen molar-refractivity contribution < 1.29 is 23.3 Å². The minimum atomic E-state index is -1.34. The summed E-state index contributed by atoms with van der Waals surface area (Å²) >= 11 is 0. The fourth-order valence-corrected chi connectivity index (χ4v) is 3.40. The molecule has 7 heteroatoms. The van der Waals surface area contributed by atoms with Gasteiger partial charge in [0, 0.05) is 10.6 Å². The monoisotopic (exact) mass is 363 g/mol. The molecule has 2 aromatic carbocycles. The Labute approximate surface area is 147 Å². The molecule has 2 N–H and O–H groups in total. The molecule has 0 fully saturated rings. The van der Waals surface area contributed by atoms with E-state index < -0.39 is 34.5 Å². The molecule has 5 nitrogen and oxygen atoms in total. The van der Waals surface area contributed by atoms with Gasteiger partial charge in [-0.25, -0.2) is 9.18 Å². The highest BCUT2D eigenvalue weighted by molar-refractivity contribution is 7.85. The Morgan fingerprint density at radius 1 is 1.12 bits per heavy atom. The highest BCUT2D eigenvalue weighted by Gasteiger charge is 2.21. The van der Waals surface area contributed by atoms with Crippen LogP contribution in [0.25, 0.3) is 0 Å². The van der Waals surface area contributed by atoms with Crippen LogP contribution in [0.3, 0.4) is 0 Å². The molecule has 1 amide bonds. The Bertz CT molecular complexity index is 767. The van der Waals surface area contributed by atoms with Gasteiger partial charge in [0.2, 0.25) is 5.91 Å². The van der Waals surface area contributed by atoms with Gasteiger partial charge in [0.15, 0.2) is 0 Å². The van der Waals surface area contributed by atoms with Crippen LogP contribution in [0.5, 0.6) is 0 Å². The third kappa shape index (κ3) is 6.11. The van der Waals surface area contributed by atoms with E-state index in [1.165, 1.54) is 18.2 Å². The lowest BCUT2D eigenvalue weighted by Gasteiger charge is -2.14. The zero-order valence-corrected chi connectivity index (χ0v) is 14.2. The number of hydrogen-bond donors (Lipinski definition) is 2. The van der Waals surface area contributed by atoms with Crippen molar-refractivity contribution in [3.63, 3.8) is 0 Å². The predicted molar refractivity (Wildman–Crippen MR) is 92.0 cm³/mol. The van der Waals surface area contributed by atoms with Gasteiger partial charge in [-0.2, -0.15) is 0 Å². The zero-order valence-electron chi connectivity index (χ0n) is 13.4. The van der Waals surface area contributed by atoms with Crippen LogP contribution in [0.1, 0.15) is 12.0 Å². The van der Waals surface area contributed by atoms with Crippen LogP contribution >= 0.6 is 0 Å². The molecule has 2 aromatic rings. The Kier molecular flexibility index (Phi) is 6.82. The Morgan fingerprint density at radius 3 is 2.48 bits per heavy atom. The molecular weight excluding hydrogens is 345 g/mol. The molecule has 0 aliphatic rings. The number of hydrogen-bond acceptors (Lipinski definition) is 3. The summed E-state index contributed by atoms with van der Waals surface area (Å²) in [5.41, 5.74) is 0.453. The SMILES string of the molecule is O=C(Cc1cccc(F)c1)N[C@@H](CC[S@](=O)c1ccccc1)C(=O)O. The second kappa shape index (κ2) is 9.08. The summed E-state index contributed by atoms with van der Waals surface area (Å²) in [6, 6.07) is 13.1. The molecule has 0 spiro atoms. The van der Waals surface area contributed by atoms with Crippen molar-refractivity contribution in [2.45, 2.75) is 23.8 Å². The molecule has 0 heterocycles. The maximum absolute atomic E-state index is 13.1. The van der Waals surface area contributed by atoms with E-state index in [0.717, 1.165) is 0 Å². The second-order valence-corrected chi connectivity index (χ2v) is 6.99. The van der Waals surface area contributed by atoms with Gasteiger partial charge < -0.3 is 10.4 Å². The number of carboxylic acid groups (broad SMARTS) is 1. The first-order valence-electron chi connectivity index (χ1n) is 7.66. The fourth-order valence-electron chi connectivity index (χ4n) is 2.25. The van der Waals surface area contributed by atoms with Crippen LogP contribution in [0.4, 0.5) is 4.39 Å². The summed E-state index contributed by atoms with van der Waals surface area (Å²) in [4.78, 5) is 23.9. The zero-order chi connectivity index (χ0) is 18.2. The summed E-state index contributed by atoms with van der Waals surface area (Å²) in [5.74, 6) is -2.07. The maximum atomic E-state index is 13.1. The summed E-state index contributed by atoms with van der Waals surface area (Å²) in [6.07, 6.45) is -0.0882. The summed E-state index contributed by atoms with van der Waals surface area (Å²) in [5, 5.41) is 11.6. The highest BCUT2D eigenvalue weighted by atomic mass is 32.2. The number of carbonyl (C=O) groups is 2. The highest BCUT2D eigenvalue weighted by Crippen LogP contribution is 2.09. The number of nitrogens with one attached hydrogen (secondary N) is 1. The number of halogens is 1. The molecule has 132 valence electrons. The molecule has 0 aliphatic heterocycles. The first kappa shape index (κ1) is 18.8. The van der Waals surface area contributed by atoms with Gasteiger partial charge in [0.05, 0.1) is 17.2 Å². The van der Waals surface area contributed by atoms with Crippen molar-refractivity contribution in [1.29, 1.82) is 0 Å². The Morgan fingerprint density at radius 2 is 1.84 bits per heavy atom. The van der Waals surface area contributed by atoms with E-state index in [4.69, 9.17) is 0 Å². The van der Waals surface area contributed by atoms with Crippen molar-refractivity contribution in [3.8, 4) is 0 Å². The molecule has 0 aromatic heterocycles. The van der Waals surface area contributed by atoms with Crippen LogP contribution in [0, 0.1) is 5.82 Å². The van der Waals surface area contributed by atoms with Crippen LogP contribution < -0.4 is 5.32 Å². The lowest BCUT2D eigenvalue weighted by Crippen LogP contribution is -2.42. The maximum Gasteiger partial charge on any atom is 0.326 e. The third-order valence-corrected chi connectivity index (χ3v) is 4.89. The summed E-state index contributed by atoms with van der Waals surface area (Å²) < 4.78 is 25.3. The molecule has 2 rings (SSSR count). The van der Waals surface area contributed by atoms with Crippen molar-refractivity contribution in [2.24, 2.45) is 0 Å². The van der Waals surface area contributed by atoms with Crippen LogP contribution in [0.2, 0.25) is 0 Å². The first-order chi connectivity index (χ1) is 12.0. The van der Waals surface area contributed by atoms with Crippen LogP contribution in [-0.4, -0.2) is 33.0 Å². The topological polar surface area (TPSA) is 83.5 Å². The van der Waals surface area contributed by atoms with Crippen LogP contribution in [-0.2, 0) is 26.8 Å². The number of carbonyl (C=O) groups excluding carboxylic acids is 1. The average Bonchev–Trinajstić information content (AvgIpc) is 2.58. The molecule has 0 aliphatic carbocycles. The molecule has 25 heavy (non-hydrogen) atoms. The predicted octanol–water partition coefficient (Wildman–Crippen LogP) is 2.14. The van der Waals surface area contributed by atoms with Gasteiger partial charge in [-0.05, 0) is 36.2 Å². The summed E-state index contributed by atoms with van der Waals surface area (Å²) in [6.45, 7) is 0. The van der Waals surface area contributed by atoms with Gasteiger partial charge in [-0.1, -0.05) is 30.3 Å². The van der Waals surface area contributed by atoms with Crippen LogP contribution in [0.15, 0.2) is 59.5 Å². The number of rotatable bonds is 8. The van der Waals surface area contributed by atoms with Gasteiger partial charge in [0.25, 0.3) is 0 Å². The molecule has 0 saturated heterocycles. The second-order valence-electron chi connectivity index (χ2n) is 5.42. The molecule has 0 saturated carbocycles. The number of aliphatic carboxylic acids is 1. The average molecular weight is 363 g/mol. The standard InChI is InChI=1S/C18H18FNO4S/c19-14-6-4-5-13(11-14)12-17(21)20-16(18(22)23)9-10-25(24)15-7-2-1-3-8-15/h1-8,11,16H,9-10,12H2,(H,20,21)(H,22,23)/t16-,25-/m0/s1. The molecule has 0 radical (unpaired) electrons. The molecule has 0 bridgehead atoms. The van der Waals surface area contributed by atoms with E-state index in [0.29, 0.717) is 10.5 Å². The number of benzene rings is 2. The normalized spacial score (nSPS) is 13.0. The smallest absolute Gasteiger partial charge is 0.326 e. The third-order valence-electron chi connectivity index (χ3n) is 3.49. The Hall–Kier alpha value is -2.54. The largest absolute Gasteiger partial charge is 0.480 e. The van der Waals surface area contributed by atoms with Crippen molar-refractivity contribution >= 4 is 22.7 Å². The molecule has 0 unspecified atom stereocenters. The van der Waals surface area contributed by atoms with Crippen molar-refractivity contribution in [2.75, 3.05) is 5.75 Å². The first-order valence-corrected chi connectivity index (χ1v) is 8.97. The van der Waals surface area contributed by atoms with Gasteiger partial charge in [0.1, 0.15) is 11.9 Å². The van der Waals surface area contributed by atoms with E-state index in [9.17, 15) is 23.3 Å². The minimum absolute atomic E-state index is 0.0335. The lowest BCUT2D eigenvalue weighted by atomic mass is 10.1. The van der Waals surface area contributed by atoms with E-state index in [-0.39, 0.29) is 18.6 Å². The fraction of sp³-hybridized carbons (Fsp3) is 0.222. The van der Waals surface area contributed by atoms with Gasteiger partial charge in [-0.3, -0.25) is 9.00 Å². The Balaban J connectivity index is 1.91. The lowest BCUT2D eigenvalue weighted by molar-refractivity contribution is -0.141. The van der Waals surface area contributed by atoms with E-state index in [2.05, 4.69) is 5.32 Å². The van der Waals surface area contributed by atoms with E-state index in [1.807, 2.05) is 0 Å². The minimum Gasteiger partial charge on any atom is -0.480 e. The van der Waals surface area contributed by atoms with E-state index >= 15 is 0 Å². The number of carboxylic acids is 1. The quantitative estimate of drug-likeness (QED) is 0.753. The molecular formula is C18H18FNO4S. The van der Waals surface area contributed by atoms with Gasteiger partial charge in [-0.15, -0.1) is 0 Å². The summed E-state index contributed by atoms with van der Waals surface area (Å²) in [7, 11) is -1.34.